The minimum absolute atomic E-state index is 0. The van der Waals surface area contributed by atoms with Crippen LogP contribution in [0.25, 0.3) is 22.8 Å². The van der Waals surface area contributed by atoms with Crippen LogP contribution in [0.1, 0.15) is 41.7 Å². The van der Waals surface area contributed by atoms with E-state index in [-0.39, 0.29) is 78.0 Å². The molecule has 0 aliphatic heterocycles. The van der Waals surface area contributed by atoms with Crippen LogP contribution in [0, 0.1) is 0 Å². The van der Waals surface area contributed by atoms with Crippen LogP contribution >= 0.6 is 0 Å². The van der Waals surface area contributed by atoms with Gasteiger partial charge in [0.2, 0.25) is 0 Å². The summed E-state index contributed by atoms with van der Waals surface area (Å²) in [5.41, 5.74) is 2.72. The van der Waals surface area contributed by atoms with Crippen molar-refractivity contribution in [1.29, 1.82) is 0 Å². The normalized spacial score (nSPS) is 8.44. The standard InChI is InChI=1S/2C10H8N2.2C7H5NO4.2Co.4H2O/c2*1-3-7-11-9(5-1)10-6-2-4-8-12-10;2*9-6(10)4-1-2-5(7(11)12)8-3-4;;;;;;/h2*1-8H;2*1-3H,(H,9,10)(H,11,12);;;4*1H2/q;;;;2*+2;;;;/p-2. The van der Waals surface area contributed by atoms with Crippen LogP contribution in [-0.2, 0) is 44.5 Å². The second-order valence-corrected chi connectivity index (χ2v) is 8.87. The van der Waals surface area contributed by atoms with E-state index in [9.17, 15) is 39.6 Å². The van der Waals surface area contributed by atoms with Gasteiger partial charge in [-0.1, -0.05) is 24.3 Å². The molecule has 54 heavy (non-hydrogen) atoms. The summed E-state index contributed by atoms with van der Waals surface area (Å²) in [7, 11) is 0. The number of hydrogen-bond acceptors (Lipinski definition) is 14. The van der Waals surface area contributed by atoms with Gasteiger partial charge in [-0.2, -0.15) is 0 Å². The largest absolute Gasteiger partial charge is 2.00 e. The van der Waals surface area contributed by atoms with Crippen molar-refractivity contribution in [2.45, 2.75) is 0 Å². The molecule has 6 aromatic rings. The quantitative estimate of drug-likeness (QED) is 0.146. The zero-order valence-electron chi connectivity index (χ0n) is 27.5. The van der Waals surface area contributed by atoms with E-state index in [2.05, 4.69) is 29.9 Å². The maximum Gasteiger partial charge on any atom is 2.00 e. The van der Waals surface area contributed by atoms with E-state index in [1.165, 1.54) is 0 Å². The van der Waals surface area contributed by atoms with Gasteiger partial charge in [0.25, 0.3) is 0 Å². The summed E-state index contributed by atoms with van der Waals surface area (Å²) in [6, 6.07) is 27.5. The Kier molecular flexibility index (Phi) is 29.5. The van der Waals surface area contributed by atoms with E-state index in [1.54, 1.807) is 24.8 Å². The number of carbonyl (C=O) groups is 4. The number of nitrogens with zero attached hydrogens (tertiary/aromatic N) is 6. The monoisotopic (exact) mass is 834 g/mol. The van der Waals surface area contributed by atoms with Gasteiger partial charge in [0.15, 0.2) is 0 Å². The smallest absolute Gasteiger partial charge is 0.545 e. The van der Waals surface area contributed by atoms with Crippen molar-refractivity contribution in [3.8, 4) is 22.8 Å². The third kappa shape index (κ3) is 18.7. The zero-order valence-corrected chi connectivity index (χ0v) is 29.6. The molecule has 6 aromatic heterocycles. The first-order valence-corrected chi connectivity index (χ1v) is 13.6. The molecule has 20 heteroatoms. The van der Waals surface area contributed by atoms with E-state index in [0.717, 1.165) is 59.4 Å². The molecule has 0 aliphatic rings. The van der Waals surface area contributed by atoms with Gasteiger partial charge in [-0.3, -0.25) is 29.9 Å². The Morgan fingerprint density at radius 2 is 0.630 bits per heavy atom. The first kappa shape index (κ1) is 54.4. The summed E-state index contributed by atoms with van der Waals surface area (Å²) in [6.45, 7) is 0. The van der Waals surface area contributed by atoms with Crippen LogP contribution in [0.4, 0.5) is 0 Å². The van der Waals surface area contributed by atoms with Crippen LogP contribution < -0.4 is 20.4 Å². The fourth-order valence-corrected chi connectivity index (χ4v) is 3.33. The van der Waals surface area contributed by atoms with Crippen LogP contribution in [0.2, 0.25) is 0 Å². The molecule has 286 valence electrons. The summed E-state index contributed by atoms with van der Waals surface area (Å²) >= 11 is 0. The third-order valence-corrected chi connectivity index (χ3v) is 5.60. The van der Waals surface area contributed by atoms with Gasteiger partial charge in [0.05, 0.1) is 58.0 Å². The van der Waals surface area contributed by atoms with Crippen LogP contribution in [0.15, 0.2) is 134 Å². The maximum absolute atomic E-state index is 10.2. The Labute approximate surface area is 327 Å². The molecule has 0 atom stereocenters. The Morgan fingerprint density at radius 1 is 0.370 bits per heavy atom. The number of carbonyl (C=O) groups excluding carboxylic acids is 4. The van der Waals surface area contributed by atoms with E-state index < -0.39 is 23.9 Å². The van der Waals surface area contributed by atoms with Gasteiger partial charge in [-0.05, 0) is 72.8 Å². The molecule has 0 aliphatic carbocycles. The average molecular weight is 835 g/mol. The van der Waals surface area contributed by atoms with Crippen molar-refractivity contribution >= 4 is 23.9 Å². The van der Waals surface area contributed by atoms with Crippen molar-refractivity contribution in [2.75, 3.05) is 0 Å². The fourth-order valence-electron chi connectivity index (χ4n) is 3.33. The molecule has 2 radical (unpaired) electrons. The van der Waals surface area contributed by atoms with Crippen molar-refractivity contribution in [3.63, 3.8) is 0 Å². The van der Waals surface area contributed by atoms with Crippen molar-refractivity contribution in [3.05, 3.63) is 157 Å². The van der Waals surface area contributed by atoms with Crippen LogP contribution in [0.5, 0.6) is 0 Å². The van der Waals surface area contributed by atoms with E-state index in [0.29, 0.717) is 0 Å². The molecule has 0 saturated carbocycles. The summed E-state index contributed by atoms with van der Waals surface area (Å²) in [4.78, 5) is 64.0. The minimum Gasteiger partial charge on any atom is -0.545 e. The molecular formula is C34H32Co2N6O12+2. The number of aromatic carboxylic acids is 4. The molecule has 0 saturated heterocycles. The van der Waals surface area contributed by atoms with Crippen molar-refractivity contribution < 1.29 is 95.1 Å². The number of carboxylic acids is 4. The van der Waals surface area contributed by atoms with Gasteiger partial charge in [0, 0.05) is 48.3 Å². The van der Waals surface area contributed by atoms with Gasteiger partial charge in [-0.25, -0.2) is 0 Å². The van der Waals surface area contributed by atoms with Gasteiger partial charge in [-0.15, -0.1) is 0 Å². The predicted molar refractivity (Wildman–Crippen MR) is 178 cm³/mol. The minimum atomic E-state index is -1.44. The molecule has 6 rings (SSSR count). The number of hydrogen-bond donors (Lipinski definition) is 0. The molecule has 18 nitrogen and oxygen atoms in total. The Hall–Kier alpha value is -6.37. The van der Waals surface area contributed by atoms with Crippen molar-refractivity contribution in [2.24, 2.45) is 0 Å². The molecule has 6 heterocycles. The molecule has 0 spiro atoms. The molecule has 0 amide bonds. The number of rotatable bonds is 6. The Morgan fingerprint density at radius 3 is 0.778 bits per heavy atom. The van der Waals surface area contributed by atoms with Gasteiger partial charge < -0.3 is 61.5 Å². The Bertz CT molecular complexity index is 1640. The number of aromatic nitrogens is 6. The summed E-state index contributed by atoms with van der Waals surface area (Å²) < 4.78 is 0. The third-order valence-electron chi connectivity index (χ3n) is 5.60. The second kappa shape index (κ2) is 29.2. The predicted octanol–water partition coefficient (Wildman–Crippen LogP) is -3.59. The molecule has 0 aromatic carbocycles. The van der Waals surface area contributed by atoms with Crippen LogP contribution in [0.3, 0.4) is 0 Å². The molecular weight excluding hydrogens is 802 g/mol. The second-order valence-electron chi connectivity index (χ2n) is 8.87. The zero-order chi connectivity index (χ0) is 34.7. The summed E-state index contributed by atoms with van der Waals surface area (Å²) in [5.74, 6) is -5.68. The van der Waals surface area contributed by atoms with Crippen LogP contribution in [-0.4, -0.2) is 64.7 Å². The number of pyridine rings is 6. The van der Waals surface area contributed by atoms with E-state index in [1.807, 2.05) is 72.8 Å². The average Bonchev–Trinajstić information content (AvgIpc) is 3.14. The number of carboxylic acid groups (broad SMARTS) is 4. The van der Waals surface area contributed by atoms with Gasteiger partial charge in [0.1, 0.15) is 0 Å². The topological polar surface area (TPSA) is 367 Å². The van der Waals surface area contributed by atoms with E-state index >= 15 is 0 Å². The summed E-state index contributed by atoms with van der Waals surface area (Å²) in [6.07, 6.45) is 8.88. The molecule has 10 N–H and O–H groups in total. The first-order chi connectivity index (χ1) is 23.2. The van der Waals surface area contributed by atoms with Gasteiger partial charge >= 0.3 is 33.6 Å². The first-order valence-electron chi connectivity index (χ1n) is 13.6. The van der Waals surface area contributed by atoms with E-state index in [4.69, 9.17) is 0 Å². The molecule has 0 unspecified atom stereocenters. The molecule has 0 fully saturated rings. The fraction of sp³-hybridized carbons (Fsp3) is 0. The maximum atomic E-state index is 10.2. The summed E-state index contributed by atoms with van der Waals surface area (Å²) in [5, 5.41) is 40.6. The van der Waals surface area contributed by atoms with Crippen molar-refractivity contribution in [1.82, 2.24) is 29.9 Å². The Balaban J connectivity index is -0.000000298. The SMILES string of the molecule is O.O.O=C([O-])c1ccc(C(=O)[O-])nc1.O=C([O-])c1ccc(C(=O)[O-])nc1.[Co+2].[Co+2].[OH3+].[OH3+].c1ccc(-c2ccccn2)nc1.c1ccc(-c2ccccn2)nc1. The molecule has 0 bridgehead atoms.